The van der Waals surface area contributed by atoms with Gasteiger partial charge in [0.2, 0.25) is 0 Å². The molecule has 1 N–H and O–H groups in total. The van der Waals surface area contributed by atoms with Crippen molar-refractivity contribution in [2.24, 2.45) is 0 Å². The summed E-state index contributed by atoms with van der Waals surface area (Å²) < 4.78 is 0. The molecule has 0 aromatic carbocycles. The smallest absolute Gasteiger partial charge is 0.275 e. The van der Waals surface area contributed by atoms with Crippen molar-refractivity contribution in [1.82, 2.24) is 15.0 Å². The van der Waals surface area contributed by atoms with Gasteiger partial charge in [-0.3, -0.25) is 14.8 Å². The van der Waals surface area contributed by atoms with E-state index < -0.39 is 0 Å². The van der Waals surface area contributed by atoms with Crippen molar-refractivity contribution in [2.75, 3.05) is 5.32 Å². The molecule has 0 saturated carbocycles. The second-order valence-electron chi connectivity index (χ2n) is 5.12. The van der Waals surface area contributed by atoms with Crippen molar-refractivity contribution in [3.8, 4) is 11.3 Å². The predicted molar refractivity (Wildman–Crippen MR) is 94.0 cm³/mol. The summed E-state index contributed by atoms with van der Waals surface area (Å²) in [4.78, 5) is 24.8. The van der Waals surface area contributed by atoms with Crippen LogP contribution < -0.4 is 5.32 Å². The standard InChI is InChI=1S/C18H15ClN4O/c1-2-12-7-9-20-16(10-12)23-18(24)15-6-5-13(11-22-15)17-14(19)4-3-8-21-17/h3-11H,2H2,1H3,(H,20,23,24). The molecule has 5 nitrogen and oxygen atoms in total. The van der Waals surface area contributed by atoms with Crippen LogP contribution in [0.2, 0.25) is 5.02 Å². The summed E-state index contributed by atoms with van der Waals surface area (Å²) in [6.07, 6.45) is 5.80. The molecule has 6 heteroatoms. The van der Waals surface area contributed by atoms with Crippen molar-refractivity contribution in [3.05, 3.63) is 71.3 Å². The highest BCUT2D eigenvalue weighted by molar-refractivity contribution is 6.33. The molecule has 3 rings (SSSR count). The number of carbonyl (C=O) groups excluding carboxylic acids is 1. The first-order valence-corrected chi connectivity index (χ1v) is 7.88. The number of nitrogens with zero attached hydrogens (tertiary/aromatic N) is 3. The molecular weight excluding hydrogens is 324 g/mol. The average Bonchev–Trinajstić information content (AvgIpc) is 2.62. The van der Waals surface area contributed by atoms with E-state index in [1.165, 1.54) is 0 Å². The summed E-state index contributed by atoms with van der Waals surface area (Å²) >= 11 is 6.12. The molecule has 0 aliphatic heterocycles. The van der Waals surface area contributed by atoms with Crippen molar-refractivity contribution in [2.45, 2.75) is 13.3 Å². The Kier molecular flexibility index (Phi) is 4.82. The number of nitrogens with one attached hydrogen (secondary N) is 1. The largest absolute Gasteiger partial charge is 0.305 e. The van der Waals surface area contributed by atoms with Crippen molar-refractivity contribution in [3.63, 3.8) is 0 Å². The molecule has 3 heterocycles. The van der Waals surface area contributed by atoms with Gasteiger partial charge in [-0.05, 0) is 48.4 Å². The summed E-state index contributed by atoms with van der Waals surface area (Å²) in [6.45, 7) is 2.05. The lowest BCUT2D eigenvalue weighted by atomic mass is 10.1. The fourth-order valence-corrected chi connectivity index (χ4v) is 2.44. The number of hydrogen-bond acceptors (Lipinski definition) is 4. The topological polar surface area (TPSA) is 67.8 Å². The van der Waals surface area contributed by atoms with Crippen LogP contribution in [0, 0.1) is 0 Å². The van der Waals surface area contributed by atoms with Gasteiger partial charge in [0.15, 0.2) is 0 Å². The van der Waals surface area contributed by atoms with Gasteiger partial charge in [-0.15, -0.1) is 0 Å². The van der Waals surface area contributed by atoms with Crippen LogP contribution in [0.1, 0.15) is 23.0 Å². The van der Waals surface area contributed by atoms with E-state index in [4.69, 9.17) is 11.6 Å². The lowest BCUT2D eigenvalue weighted by Gasteiger charge is -2.06. The van der Waals surface area contributed by atoms with Gasteiger partial charge < -0.3 is 5.32 Å². The molecule has 3 aromatic rings. The third-order valence-corrected chi connectivity index (χ3v) is 3.81. The molecule has 0 unspecified atom stereocenters. The van der Waals surface area contributed by atoms with Gasteiger partial charge in [0, 0.05) is 24.2 Å². The number of rotatable bonds is 4. The Labute approximate surface area is 144 Å². The van der Waals surface area contributed by atoms with Gasteiger partial charge in [0.1, 0.15) is 11.5 Å². The zero-order chi connectivity index (χ0) is 16.9. The molecule has 0 saturated heterocycles. The molecule has 3 aromatic heterocycles. The van der Waals surface area contributed by atoms with E-state index in [1.807, 2.05) is 19.1 Å². The Bertz CT molecular complexity index is 865. The number of halogens is 1. The number of aromatic nitrogens is 3. The van der Waals surface area contributed by atoms with E-state index in [0.29, 0.717) is 22.2 Å². The summed E-state index contributed by atoms with van der Waals surface area (Å²) in [5.74, 6) is 0.201. The lowest BCUT2D eigenvalue weighted by molar-refractivity contribution is 0.102. The molecule has 0 spiro atoms. The average molecular weight is 339 g/mol. The maximum Gasteiger partial charge on any atom is 0.275 e. The van der Waals surface area contributed by atoms with Gasteiger partial charge in [0.25, 0.3) is 5.91 Å². The molecule has 0 atom stereocenters. The van der Waals surface area contributed by atoms with Crippen LogP contribution in [-0.2, 0) is 6.42 Å². The van der Waals surface area contributed by atoms with Crippen molar-refractivity contribution < 1.29 is 4.79 Å². The third-order valence-electron chi connectivity index (χ3n) is 3.50. The maximum atomic E-state index is 12.3. The number of carbonyl (C=O) groups is 1. The van der Waals surface area contributed by atoms with Crippen LogP contribution >= 0.6 is 11.6 Å². The Balaban J connectivity index is 1.78. The third kappa shape index (κ3) is 3.58. The van der Waals surface area contributed by atoms with Gasteiger partial charge >= 0.3 is 0 Å². The number of hydrogen-bond donors (Lipinski definition) is 1. The first-order valence-electron chi connectivity index (χ1n) is 7.50. The summed E-state index contributed by atoms with van der Waals surface area (Å²) in [6, 6.07) is 10.7. The van der Waals surface area contributed by atoms with Crippen LogP contribution in [0.5, 0.6) is 0 Å². The Morgan fingerprint density at radius 2 is 2.00 bits per heavy atom. The van der Waals surface area contributed by atoms with E-state index in [2.05, 4.69) is 20.3 Å². The Hall–Kier alpha value is -2.79. The highest BCUT2D eigenvalue weighted by atomic mass is 35.5. The van der Waals surface area contributed by atoms with Crippen molar-refractivity contribution in [1.29, 1.82) is 0 Å². The highest BCUT2D eigenvalue weighted by Crippen LogP contribution is 2.24. The molecule has 1 amide bonds. The van der Waals surface area contributed by atoms with E-state index in [-0.39, 0.29) is 5.91 Å². The number of anilines is 1. The van der Waals surface area contributed by atoms with Crippen LogP contribution in [0.4, 0.5) is 5.82 Å². The summed E-state index contributed by atoms with van der Waals surface area (Å²) in [7, 11) is 0. The van der Waals surface area contributed by atoms with Gasteiger partial charge in [0.05, 0.1) is 10.7 Å². The maximum absolute atomic E-state index is 12.3. The number of amides is 1. The SMILES string of the molecule is CCc1ccnc(NC(=O)c2ccc(-c3ncccc3Cl)cn2)c1. The van der Waals surface area contributed by atoms with Gasteiger partial charge in [-0.25, -0.2) is 4.98 Å². The second-order valence-corrected chi connectivity index (χ2v) is 5.53. The van der Waals surface area contributed by atoms with E-state index in [9.17, 15) is 4.79 Å². The molecule has 0 fully saturated rings. The molecule has 0 aliphatic carbocycles. The second kappa shape index (κ2) is 7.19. The van der Waals surface area contributed by atoms with E-state index >= 15 is 0 Å². The number of pyridine rings is 3. The predicted octanol–water partition coefficient (Wildman–Crippen LogP) is 4.01. The minimum Gasteiger partial charge on any atom is -0.305 e. The Morgan fingerprint density at radius 1 is 1.12 bits per heavy atom. The van der Waals surface area contributed by atoms with Crippen LogP contribution in [0.15, 0.2) is 55.0 Å². The Morgan fingerprint density at radius 3 is 2.71 bits per heavy atom. The van der Waals surface area contributed by atoms with E-state index in [0.717, 1.165) is 17.5 Å². The first kappa shape index (κ1) is 16.1. The minimum absolute atomic E-state index is 0.300. The lowest BCUT2D eigenvalue weighted by Crippen LogP contribution is -2.14. The van der Waals surface area contributed by atoms with Crippen LogP contribution in [0.3, 0.4) is 0 Å². The van der Waals surface area contributed by atoms with Crippen LogP contribution in [0.25, 0.3) is 11.3 Å². The quantitative estimate of drug-likeness (QED) is 0.780. The van der Waals surface area contributed by atoms with Gasteiger partial charge in [-0.1, -0.05) is 18.5 Å². The fraction of sp³-hybridized carbons (Fsp3) is 0.111. The molecule has 0 aliphatic rings. The zero-order valence-corrected chi connectivity index (χ0v) is 13.8. The molecule has 0 bridgehead atoms. The fourth-order valence-electron chi connectivity index (χ4n) is 2.21. The zero-order valence-electron chi connectivity index (χ0n) is 13.0. The minimum atomic E-state index is -0.311. The molecule has 0 radical (unpaired) electrons. The van der Waals surface area contributed by atoms with Crippen molar-refractivity contribution >= 4 is 23.3 Å². The summed E-state index contributed by atoms with van der Waals surface area (Å²) in [5.41, 5.74) is 2.79. The van der Waals surface area contributed by atoms with Crippen LogP contribution in [-0.4, -0.2) is 20.9 Å². The van der Waals surface area contributed by atoms with E-state index in [1.54, 1.807) is 42.9 Å². The molecular formula is C18H15ClN4O. The first-order chi connectivity index (χ1) is 11.7. The normalized spacial score (nSPS) is 10.4. The molecule has 120 valence electrons. The van der Waals surface area contributed by atoms with Gasteiger partial charge in [-0.2, -0.15) is 0 Å². The monoisotopic (exact) mass is 338 g/mol. The highest BCUT2D eigenvalue weighted by Gasteiger charge is 2.10. The molecule has 24 heavy (non-hydrogen) atoms. The number of aryl methyl sites for hydroxylation is 1. The summed E-state index contributed by atoms with van der Waals surface area (Å²) in [5, 5.41) is 3.29.